The minimum atomic E-state index is -3.86. The Balaban J connectivity index is 1.50. The maximum atomic E-state index is 13.3. The second kappa shape index (κ2) is 9.08. The van der Waals surface area contributed by atoms with E-state index in [1.807, 2.05) is 60.8 Å². The van der Waals surface area contributed by atoms with Crippen LogP contribution in [0.1, 0.15) is 10.4 Å². The largest absolute Gasteiger partial charge is 0.306 e. The first-order valence-corrected chi connectivity index (χ1v) is 12.4. The minimum Gasteiger partial charge on any atom is -0.306 e. The molecule has 0 saturated heterocycles. The van der Waals surface area contributed by atoms with E-state index in [9.17, 15) is 13.2 Å². The molecular formula is C27H22N4O3S. The molecule has 5 aromatic rings. The standard InChI is InChI=1S/C27H22N4O3S/c1-30(22-14-6-3-7-15-22)35(33,34)23-16-10-13-21(19-23)27(32)29-26-25(20-11-4-2-5-12-20)28-24-17-8-9-18-31(24)26/h2-19H,1H3,(H,29,32). The van der Waals surface area contributed by atoms with Gasteiger partial charge in [-0.3, -0.25) is 13.5 Å². The van der Waals surface area contributed by atoms with Crippen molar-refractivity contribution in [2.24, 2.45) is 0 Å². The van der Waals surface area contributed by atoms with Gasteiger partial charge >= 0.3 is 0 Å². The minimum absolute atomic E-state index is 0.0259. The van der Waals surface area contributed by atoms with Gasteiger partial charge in [0, 0.05) is 24.4 Å². The molecule has 0 aliphatic carbocycles. The van der Waals surface area contributed by atoms with E-state index < -0.39 is 15.9 Å². The highest BCUT2D eigenvalue weighted by atomic mass is 32.2. The van der Waals surface area contributed by atoms with Gasteiger partial charge in [-0.1, -0.05) is 60.7 Å². The maximum absolute atomic E-state index is 13.3. The predicted octanol–water partition coefficient (Wildman–Crippen LogP) is 5.08. The Morgan fingerprint density at radius 1 is 0.857 bits per heavy atom. The maximum Gasteiger partial charge on any atom is 0.264 e. The summed E-state index contributed by atoms with van der Waals surface area (Å²) in [5, 5.41) is 2.94. The third kappa shape index (κ3) is 4.27. The summed E-state index contributed by atoms with van der Waals surface area (Å²) in [5.41, 5.74) is 2.91. The van der Waals surface area contributed by atoms with E-state index in [1.165, 1.54) is 23.5 Å². The van der Waals surface area contributed by atoms with Crippen LogP contribution < -0.4 is 9.62 Å². The van der Waals surface area contributed by atoms with Gasteiger partial charge in [0.25, 0.3) is 15.9 Å². The Kier molecular flexibility index (Phi) is 5.80. The molecule has 0 fully saturated rings. The average Bonchev–Trinajstić information content (AvgIpc) is 3.27. The molecule has 0 spiro atoms. The highest BCUT2D eigenvalue weighted by Gasteiger charge is 2.23. The normalized spacial score (nSPS) is 11.3. The molecule has 2 aromatic heterocycles. The van der Waals surface area contributed by atoms with E-state index in [-0.39, 0.29) is 10.5 Å². The van der Waals surface area contributed by atoms with Crippen LogP contribution in [-0.2, 0) is 10.0 Å². The van der Waals surface area contributed by atoms with Gasteiger partial charge in [-0.25, -0.2) is 13.4 Å². The number of carbonyl (C=O) groups excluding carboxylic acids is 1. The summed E-state index contributed by atoms with van der Waals surface area (Å²) in [5.74, 6) is 0.0683. The number of aromatic nitrogens is 2. The summed E-state index contributed by atoms with van der Waals surface area (Å²) in [6, 6.07) is 29.9. The lowest BCUT2D eigenvalue weighted by molar-refractivity contribution is 0.102. The molecule has 7 nitrogen and oxygen atoms in total. The summed E-state index contributed by atoms with van der Waals surface area (Å²) < 4.78 is 29.4. The van der Waals surface area contributed by atoms with Crippen LogP contribution in [0.25, 0.3) is 16.9 Å². The lowest BCUT2D eigenvalue weighted by atomic mass is 10.1. The van der Waals surface area contributed by atoms with Gasteiger partial charge in [0.2, 0.25) is 0 Å². The van der Waals surface area contributed by atoms with Crippen LogP contribution in [-0.4, -0.2) is 30.8 Å². The van der Waals surface area contributed by atoms with Crippen LogP contribution >= 0.6 is 0 Å². The average molecular weight is 483 g/mol. The molecule has 35 heavy (non-hydrogen) atoms. The molecule has 0 atom stereocenters. The number of fused-ring (bicyclic) bond motifs is 1. The fourth-order valence-corrected chi connectivity index (χ4v) is 5.07. The number of nitrogens with one attached hydrogen (secondary N) is 1. The number of anilines is 2. The lowest BCUT2D eigenvalue weighted by Crippen LogP contribution is -2.26. The van der Waals surface area contributed by atoms with Crippen LogP contribution in [0.15, 0.2) is 114 Å². The Morgan fingerprint density at radius 2 is 1.54 bits per heavy atom. The summed E-state index contributed by atoms with van der Waals surface area (Å²) in [7, 11) is -2.37. The Hall–Kier alpha value is -4.43. The van der Waals surface area contributed by atoms with Gasteiger partial charge in [0.15, 0.2) is 0 Å². The van der Waals surface area contributed by atoms with Crippen molar-refractivity contribution < 1.29 is 13.2 Å². The van der Waals surface area contributed by atoms with E-state index in [2.05, 4.69) is 10.3 Å². The molecule has 3 aromatic carbocycles. The number of para-hydroxylation sites is 1. The molecule has 0 bridgehead atoms. The van der Waals surface area contributed by atoms with Crippen LogP contribution in [0, 0.1) is 0 Å². The zero-order valence-corrected chi connectivity index (χ0v) is 19.7. The third-order valence-corrected chi connectivity index (χ3v) is 7.47. The molecule has 0 aliphatic heterocycles. The van der Waals surface area contributed by atoms with Gasteiger partial charge in [-0.2, -0.15) is 0 Å². The van der Waals surface area contributed by atoms with Crippen molar-refractivity contribution in [3.8, 4) is 11.3 Å². The van der Waals surface area contributed by atoms with Crippen LogP contribution in [0.2, 0.25) is 0 Å². The zero-order valence-electron chi connectivity index (χ0n) is 18.9. The van der Waals surface area contributed by atoms with Crippen molar-refractivity contribution in [2.75, 3.05) is 16.7 Å². The first-order valence-electron chi connectivity index (χ1n) is 10.9. The number of amides is 1. The van der Waals surface area contributed by atoms with Crippen molar-refractivity contribution in [3.63, 3.8) is 0 Å². The first-order chi connectivity index (χ1) is 16.9. The molecule has 0 radical (unpaired) electrons. The Labute approximate surface area is 203 Å². The number of hydrogen-bond donors (Lipinski definition) is 1. The molecule has 5 rings (SSSR count). The van der Waals surface area contributed by atoms with E-state index in [1.54, 1.807) is 40.8 Å². The van der Waals surface area contributed by atoms with Gasteiger partial charge in [-0.15, -0.1) is 0 Å². The fourth-order valence-electron chi connectivity index (χ4n) is 3.82. The molecular weight excluding hydrogens is 460 g/mol. The second-order valence-electron chi connectivity index (χ2n) is 7.89. The monoisotopic (exact) mass is 482 g/mol. The number of benzene rings is 3. The summed E-state index contributed by atoms with van der Waals surface area (Å²) in [4.78, 5) is 18.0. The number of imidazole rings is 1. The number of sulfonamides is 1. The van der Waals surface area contributed by atoms with E-state index in [4.69, 9.17) is 0 Å². The molecule has 174 valence electrons. The number of pyridine rings is 1. The summed E-state index contributed by atoms with van der Waals surface area (Å²) in [6.45, 7) is 0. The van der Waals surface area contributed by atoms with Crippen LogP contribution in [0.4, 0.5) is 11.5 Å². The second-order valence-corrected chi connectivity index (χ2v) is 9.86. The quantitative estimate of drug-likeness (QED) is 0.366. The molecule has 0 saturated carbocycles. The third-order valence-electron chi connectivity index (χ3n) is 5.68. The van der Waals surface area contributed by atoms with Crippen LogP contribution in [0.5, 0.6) is 0 Å². The van der Waals surface area contributed by atoms with Gasteiger partial charge < -0.3 is 5.32 Å². The van der Waals surface area contributed by atoms with Crippen molar-refractivity contribution in [3.05, 3.63) is 115 Å². The number of carbonyl (C=O) groups is 1. The number of rotatable bonds is 6. The molecule has 0 aliphatic rings. The summed E-state index contributed by atoms with van der Waals surface area (Å²) in [6.07, 6.45) is 1.82. The van der Waals surface area contributed by atoms with Crippen LogP contribution in [0.3, 0.4) is 0 Å². The topological polar surface area (TPSA) is 83.8 Å². The molecule has 8 heteroatoms. The zero-order chi connectivity index (χ0) is 24.4. The van der Waals surface area contributed by atoms with Gasteiger partial charge in [-0.05, 0) is 42.5 Å². The Morgan fingerprint density at radius 3 is 2.29 bits per heavy atom. The van der Waals surface area contributed by atoms with Crippen molar-refractivity contribution in [1.82, 2.24) is 9.38 Å². The van der Waals surface area contributed by atoms with Gasteiger partial charge in [0.05, 0.1) is 10.6 Å². The van der Waals surface area contributed by atoms with Crippen molar-refractivity contribution >= 4 is 33.1 Å². The summed E-state index contributed by atoms with van der Waals surface area (Å²) >= 11 is 0. The Bertz CT molecular complexity index is 1610. The predicted molar refractivity (Wildman–Crippen MR) is 137 cm³/mol. The fraction of sp³-hybridized carbons (Fsp3) is 0.0370. The first kappa shape index (κ1) is 22.4. The molecule has 2 heterocycles. The van der Waals surface area contributed by atoms with Crippen molar-refractivity contribution in [2.45, 2.75) is 4.90 Å². The molecule has 1 amide bonds. The molecule has 1 N–H and O–H groups in total. The highest BCUT2D eigenvalue weighted by Crippen LogP contribution is 2.29. The van der Waals surface area contributed by atoms with Crippen molar-refractivity contribution in [1.29, 1.82) is 0 Å². The van der Waals surface area contributed by atoms with E-state index >= 15 is 0 Å². The SMILES string of the molecule is CN(c1ccccc1)S(=O)(=O)c1cccc(C(=O)Nc2c(-c3ccccc3)nc3ccccn23)c1. The number of hydrogen-bond acceptors (Lipinski definition) is 4. The van der Waals surface area contributed by atoms with E-state index in [0.29, 0.717) is 22.8 Å². The smallest absolute Gasteiger partial charge is 0.264 e. The lowest BCUT2D eigenvalue weighted by Gasteiger charge is -2.19. The molecule has 0 unspecified atom stereocenters. The van der Waals surface area contributed by atoms with Gasteiger partial charge in [0.1, 0.15) is 17.2 Å². The van der Waals surface area contributed by atoms with E-state index in [0.717, 1.165) is 5.56 Å². The highest BCUT2D eigenvalue weighted by molar-refractivity contribution is 7.92. The number of nitrogens with zero attached hydrogens (tertiary/aromatic N) is 3.